The van der Waals surface area contributed by atoms with Crippen LogP contribution in [0.25, 0.3) is 21.1 Å². The Labute approximate surface area is 285 Å². The van der Waals surface area contributed by atoms with Gasteiger partial charge in [0, 0.05) is 40.0 Å². The topological polar surface area (TPSA) is 0 Å². The molecular formula is C38H52S5. The lowest BCUT2D eigenvalue weighted by atomic mass is 10.1. The number of thiophene rings is 1. The van der Waals surface area contributed by atoms with Crippen LogP contribution in [0.1, 0.15) is 102 Å². The van der Waals surface area contributed by atoms with Crippen molar-refractivity contribution in [2.75, 3.05) is 6.26 Å². The fourth-order valence-electron chi connectivity index (χ4n) is 4.19. The third kappa shape index (κ3) is 10.5. The molecule has 0 saturated heterocycles. The molecule has 0 saturated carbocycles. The van der Waals surface area contributed by atoms with Crippen molar-refractivity contribution in [3.05, 3.63) is 98.7 Å². The summed E-state index contributed by atoms with van der Waals surface area (Å²) in [5, 5.41) is 1.92. The van der Waals surface area contributed by atoms with Crippen LogP contribution in [0, 0.1) is 6.92 Å². The van der Waals surface area contributed by atoms with Crippen molar-refractivity contribution in [3.8, 4) is 0 Å². The summed E-state index contributed by atoms with van der Waals surface area (Å²) in [5.74, 6) is 0. The minimum Gasteiger partial charge on any atom is -0.138 e. The summed E-state index contributed by atoms with van der Waals surface area (Å²) < 4.78 is 1.41. The number of hydrogen-bond donors (Lipinski definition) is 0. The second-order valence-electron chi connectivity index (χ2n) is 8.63. The first-order chi connectivity index (χ1) is 20.9. The van der Waals surface area contributed by atoms with E-state index in [1.165, 1.54) is 56.2 Å². The van der Waals surface area contributed by atoms with Crippen LogP contribution in [0.5, 0.6) is 0 Å². The minimum absolute atomic E-state index is 0.564. The van der Waals surface area contributed by atoms with Crippen LogP contribution < -0.4 is 0 Å². The van der Waals surface area contributed by atoms with E-state index in [4.69, 9.17) is 0 Å². The van der Waals surface area contributed by atoms with Crippen molar-refractivity contribution in [1.82, 2.24) is 0 Å². The zero-order valence-corrected chi connectivity index (χ0v) is 32.5. The van der Waals surface area contributed by atoms with Crippen molar-refractivity contribution >= 4 is 79.5 Å². The standard InChI is InChI=1S/C30H28S5.4C2H6/c1-18(31-5)9-7-6-8-10-22-13-16-26-28(20(22)3)33-21(4)24-14-12-23-17-27(25-15-11-19(2)32-25)35-29(23)30(24)34-26;4*1-2/h6-14,16-17,25H,4,15H2,1-3,5H3;4*1-2H3/b7-6+,10-8+,18-9-;;;;. The van der Waals surface area contributed by atoms with Crippen LogP contribution in [0.4, 0.5) is 0 Å². The summed E-state index contributed by atoms with van der Waals surface area (Å²) in [5.41, 5.74) is 3.86. The highest BCUT2D eigenvalue weighted by molar-refractivity contribution is 8.09. The minimum atomic E-state index is 0.564. The summed E-state index contributed by atoms with van der Waals surface area (Å²) >= 11 is 9.49. The van der Waals surface area contributed by atoms with Gasteiger partial charge in [-0.2, -0.15) is 0 Å². The maximum absolute atomic E-state index is 4.50. The van der Waals surface area contributed by atoms with Gasteiger partial charge in [0.05, 0.1) is 0 Å². The van der Waals surface area contributed by atoms with Crippen molar-refractivity contribution in [1.29, 1.82) is 0 Å². The molecular weight excluding hydrogens is 617 g/mol. The smallest absolute Gasteiger partial charge is 0.0492 e. The molecule has 0 bridgehead atoms. The molecule has 1 atom stereocenters. The van der Waals surface area contributed by atoms with Gasteiger partial charge in [-0.15, -0.1) is 34.9 Å². The van der Waals surface area contributed by atoms with Crippen LogP contribution in [-0.2, 0) is 0 Å². The summed E-state index contributed by atoms with van der Waals surface area (Å²) in [6, 6.07) is 11.5. The number of benzene rings is 2. The van der Waals surface area contributed by atoms with Gasteiger partial charge < -0.3 is 0 Å². The summed E-state index contributed by atoms with van der Waals surface area (Å²) in [4.78, 5) is 9.40. The first-order valence-electron chi connectivity index (χ1n) is 15.6. The molecule has 5 heteroatoms. The normalized spacial score (nSPS) is 15.5. The third-order valence-corrected chi connectivity index (χ3v) is 12.3. The van der Waals surface area contributed by atoms with E-state index >= 15 is 0 Å². The Morgan fingerprint density at radius 2 is 1.58 bits per heavy atom. The van der Waals surface area contributed by atoms with Gasteiger partial charge in [-0.1, -0.05) is 140 Å². The fraction of sp³-hybridized carbons (Fsp3) is 0.368. The molecule has 0 spiro atoms. The molecule has 0 radical (unpaired) electrons. The summed E-state index contributed by atoms with van der Waals surface area (Å²) in [7, 11) is 0. The van der Waals surface area contributed by atoms with Crippen LogP contribution in [0.3, 0.4) is 0 Å². The number of allylic oxidation sites excluding steroid dienone is 7. The van der Waals surface area contributed by atoms with Gasteiger partial charge in [-0.3, -0.25) is 0 Å². The quantitative estimate of drug-likeness (QED) is 0.248. The van der Waals surface area contributed by atoms with Crippen LogP contribution >= 0.6 is 58.4 Å². The average molecular weight is 669 g/mol. The fourth-order valence-corrected chi connectivity index (χ4v) is 9.45. The van der Waals surface area contributed by atoms with E-state index in [9.17, 15) is 0 Å². The zero-order valence-electron chi connectivity index (χ0n) is 28.4. The van der Waals surface area contributed by atoms with E-state index < -0.39 is 0 Å². The molecule has 43 heavy (non-hydrogen) atoms. The first-order valence-corrected chi connectivity index (χ1v) is 20.1. The van der Waals surface area contributed by atoms with Gasteiger partial charge >= 0.3 is 0 Å². The molecule has 2 aliphatic heterocycles. The molecule has 5 rings (SSSR count). The van der Waals surface area contributed by atoms with Gasteiger partial charge in [-0.25, -0.2) is 0 Å². The highest BCUT2D eigenvalue weighted by atomic mass is 32.2. The Hall–Kier alpha value is -1.50. The number of thioether (sulfide) groups is 3. The van der Waals surface area contributed by atoms with Crippen LogP contribution in [0.15, 0.2) is 91.8 Å². The van der Waals surface area contributed by atoms with Crippen molar-refractivity contribution in [2.45, 2.75) is 103 Å². The molecule has 2 aliphatic rings. The van der Waals surface area contributed by atoms with Crippen molar-refractivity contribution in [2.24, 2.45) is 0 Å². The van der Waals surface area contributed by atoms with E-state index in [0.717, 1.165) is 11.3 Å². The average Bonchev–Trinajstić information content (AvgIpc) is 3.66. The zero-order chi connectivity index (χ0) is 32.5. The van der Waals surface area contributed by atoms with Crippen molar-refractivity contribution in [3.63, 3.8) is 0 Å². The molecule has 2 aromatic carbocycles. The summed E-state index contributed by atoms with van der Waals surface area (Å²) in [6.45, 7) is 27.1. The lowest BCUT2D eigenvalue weighted by Gasteiger charge is -2.11. The predicted octanol–water partition coefficient (Wildman–Crippen LogP) is 15.5. The van der Waals surface area contributed by atoms with Crippen LogP contribution in [-0.4, -0.2) is 6.26 Å². The molecule has 1 aromatic heterocycles. The lowest BCUT2D eigenvalue weighted by Crippen LogP contribution is -1.87. The molecule has 3 heterocycles. The lowest BCUT2D eigenvalue weighted by molar-refractivity contribution is 1.02. The summed E-state index contributed by atoms with van der Waals surface area (Å²) in [6.07, 6.45) is 16.3. The number of fused-ring (bicyclic) bond motifs is 4. The van der Waals surface area contributed by atoms with E-state index in [0.29, 0.717) is 5.25 Å². The predicted molar refractivity (Wildman–Crippen MR) is 212 cm³/mol. The number of rotatable bonds is 5. The molecule has 0 nitrogen and oxygen atoms in total. The molecule has 234 valence electrons. The third-order valence-electron chi connectivity index (χ3n) is 6.23. The maximum Gasteiger partial charge on any atom is 0.0492 e. The first kappa shape index (κ1) is 39.5. The van der Waals surface area contributed by atoms with E-state index in [1.54, 1.807) is 11.8 Å². The second kappa shape index (κ2) is 21.3. The molecule has 0 aliphatic carbocycles. The largest absolute Gasteiger partial charge is 0.138 e. The molecule has 1 unspecified atom stereocenters. The molecule has 0 N–H and O–H groups in total. The molecule has 0 amide bonds. The SMILES string of the molecule is C=C1Sc2c(ccc(/C=C/C=C/C=C(/C)SC)c2C)Sc2c1ccc1cc(C3CC=C(C)S3)sc21.CC.CC.CC.CC. The Balaban J connectivity index is 0.00000107. The number of hydrogen-bond acceptors (Lipinski definition) is 5. The Kier molecular flexibility index (Phi) is 19.6. The van der Waals surface area contributed by atoms with E-state index in [1.807, 2.05) is 102 Å². The monoisotopic (exact) mass is 668 g/mol. The van der Waals surface area contributed by atoms with E-state index in [2.05, 4.69) is 100 Å². The molecule has 0 fully saturated rings. The van der Waals surface area contributed by atoms with Gasteiger partial charge in [0.15, 0.2) is 0 Å². The van der Waals surface area contributed by atoms with Crippen molar-refractivity contribution < 1.29 is 0 Å². The highest BCUT2D eigenvalue weighted by Gasteiger charge is 2.25. The molecule has 3 aromatic rings. The van der Waals surface area contributed by atoms with Gasteiger partial charge in [0.25, 0.3) is 0 Å². The van der Waals surface area contributed by atoms with Crippen LogP contribution in [0.2, 0.25) is 0 Å². The Bertz CT molecular complexity index is 1430. The maximum atomic E-state index is 4.50. The van der Waals surface area contributed by atoms with Gasteiger partial charge in [0.1, 0.15) is 0 Å². The highest BCUT2D eigenvalue weighted by Crippen LogP contribution is 2.54. The second-order valence-corrected chi connectivity index (χ2v) is 14.4. The van der Waals surface area contributed by atoms with Gasteiger partial charge in [-0.05, 0) is 71.9 Å². The van der Waals surface area contributed by atoms with Gasteiger partial charge in [0.2, 0.25) is 0 Å². The Morgan fingerprint density at radius 3 is 2.21 bits per heavy atom. The van der Waals surface area contributed by atoms with E-state index in [-0.39, 0.29) is 0 Å². The Morgan fingerprint density at radius 1 is 0.884 bits per heavy atom.